The number of fused-ring (bicyclic) bond motifs is 1. The molecule has 91 heavy (non-hydrogen) atoms. The molecule has 0 saturated carbocycles. The van der Waals surface area contributed by atoms with Gasteiger partial charge in [0.15, 0.2) is 0 Å². The molecule has 0 unspecified atom stereocenters. The van der Waals surface area contributed by atoms with Crippen molar-refractivity contribution in [1.29, 1.82) is 0 Å². The van der Waals surface area contributed by atoms with Crippen molar-refractivity contribution < 1.29 is 78.6 Å². The van der Waals surface area contributed by atoms with Crippen molar-refractivity contribution >= 4 is 81.8 Å². The van der Waals surface area contributed by atoms with Gasteiger partial charge in [-0.05, 0) is 77.9 Å². The molecule has 4 aromatic carbocycles. The van der Waals surface area contributed by atoms with Gasteiger partial charge in [-0.3, -0.25) is 43.2 Å². The first-order valence-electron chi connectivity index (χ1n) is 28.8. The number of rotatable bonds is 35. The molecule has 0 aliphatic rings. The van der Waals surface area contributed by atoms with Gasteiger partial charge in [0.25, 0.3) is 0 Å². The van der Waals surface area contributed by atoms with Crippen molar-refractivity contribution in [2.24, 2.45) is 5.73 Å². The third kappa shape index (κ3) is 21.4. The number of H-pyrrole nitrogens is 2. The largest absolute Gasteiger partial charge is 0.508 e. The molecule has 0 spiro atoms. The summed E-state index contributed by atoms with van der Waals surface area (Å²) in [5, 5.41) is 84.8. The highest BCUT2D eigenvalue weighted by Gasteiger charge is 2.37. The molecule has 29 nitrogen and oxygen atoms in total. The number of phenols is 2. The zero-order valence-electron chi connectivity index (χ0n) is 49.6. The van der Waals surface area contributed by atoms with E-state index in [1.807, 2.05) is 0 Å². The Bertz CT molecular complexity index is 3430. The first-order chi connectivity index (χ1) is 43.6. The lowest BCUT2D eigenvalue weighted by Gasteiger charge is -2.28. The van der Waals surface area contributed by atoms with Crippen LogP contribution < -0.4 is 53.6 Å². The molecule has 0 aliphatic heterocycles. The van der Waals surface area contributed by atoms with Crippen LogP contribution in [0, 0.1) is 0 Å². The first kappa shape index (κ1) is 70.2. The van der Waals surface area contributed by atoms with Crippen molar-refractivity contribution in [1.82, 2.24) is 62.8 Å². The Hall–Kier alpha value is -9.88. The van der Waals surface area contributed by atoms with E-state index >= 15 is 0 Å². The smallest absolute Gasteiger partial charge is 0.326 e. The molecular formula is C61H75N13O16S. The van der Waals surface area contributed by atoms with Crippen LogP contribution in [0.3, 0.4) is 0 Å². The number of carboxylic acid groups (broad SMARTS) is 1. The predicted octanol–water partition coefficient (Wildman–Crippen LogP) is -2.66. The number of nitrogens with zero attached hydrogens (tertiary/aromatic N) is 1. The minimum atomic E-state index is -1.92. The summed E-state index contributed by atoms with van der Waals surface area (Å²) in [5.74, 6) is -10.2. The van der Waals surface area contributed by atoms with E-state index in [0.29, 0.717) is 44.6 Å². The van der Waals surface area contributed by atoms with Crippen LogP contribution in [0.15, 0.2) is 122 Å². The number of aromatic nitrogens is 3. The fraction of sp³-hybridized carbons (Fsp3) is 0.361. The number of para-hydroxylation sites is 1. The Balaban J connectivity index is 1.21. The van der Waals surface area contributed by atoms with E-state index in [0.717, 1.165) is 6.92 Å². The highest BCUT2D eigenvalue weighted by atomic mass is 32.2. The fourth-order valence-corrected chi connectivity index (χ4v) is 9.93. The lowest BCUT2D eigenvalue weighted by atomic mass is 10.0. The zero-order chi connectivity index (χ0) is 66.1. The van der Waals surface area contributed by atoms with E-state index in [1.54, 1.807) is 67.0 Å². The highest BCUT2D eigenvalue weighted by molar-refractivity contribution is 7.98. The van der Waals surface area contributed by atoms with E-state index in [9.17, 15) is 78.6 Å². The molecule has 2 heterocycles. The Morgan fingerprint density at radius 1 is 0.516 bits per heavy atom. The number of aromatic amines is 2. The molecule has 6 aromatic rings. The monoisotopic (exact) mass is 1280 g/mol. The first-order valence-corrected chi connectivity index (χ1v) is 30.1. The van der Waals surface area contributed by atoms with Gasteiger partial charge in [-0.15, -0.1) is 0 Å². The highest BCUT2D eigenvalue weighted by Crippen LogP contribution is 2.21. The van der Waals surface area contributed by atoms with E-state index in [2.05, 4.69) is 62.8 Å². The molecule has 10 atom stereocenters. The number of carbonyl (C=O) groups is 10. The average Bonchev–Trinajstić information content (AvgIpc) is 2.00. The summed E-state index contributed by atoms with van der Waals surface area (Å²) in [7, 11) is 0. The summed E-state index contributed by atoms with van der Waals surface area (Å²) in [5.41, 5.74) is 8.46. The maximum atomic E-state index is 14.8. The van der Waals surface area contributed by atoms with Crippen LogP contribution in [0.5, 0.6) is 11.5 Å². The van der Waals surface area contributed by atoms with Gasteiger partial charge in [-0.1, -0.05) is 72.8 Å². The van der Waals surface area contributed by atoms with Crippen molar-refractivity contribution in [2.45, 2.75) is 106 Å². The van der Waals surface area contributed by atoms with E-state index in [1.165, 1.54) is 72.8 Å². The van der Waals surface area contributed by atoms with Crippen LogP contribution in [-0.2, 0) is 80.0 Å². The summed E-state index contributed by atoms with van der Waals surface area (Å²) in [6.07, 6.45) is 3.32. The molecule has 0 fully saturated rings. The topological polar surface area (TPSA) is 471 Å². The van der Waals surface area contributed by atoms with Crippen molar-refractivity contribution in [3.63, 3.8) is 0 Å². The Morgan fingerprint density at radius 3 is 1.45 bits per heavy atom. The van der Waals surface area contributed by atoms with Crippen molar-refractivity contribution in [2.75, 3.05) is 31.8 Å². The maximum Gasteiger partial charge on any atom is 0.326 e. The number of aliphatic hydroxyl groups is 3. The quantitative estimate of drug-likeness (QED) is 0.0193. The van der Waals surface area contributed by atoms with Gasteiger partial charge in [0, 0.05) is 61.1 Å². The molecule has 19 N–H and O–H groups in total. The second kappa shape index (κ2) is 34.8. The van der Waals surface area contributed by atoms with Gasteiger partial charge in [0.1, 0.15) is 65.9 Å². The standard InChI is InChI=1S/C61H75N13O16S/c1-33(77)52(74-57(85)46(22-34-8-4-3-5-9-34)69-58(86)49(30-75)72-54(82)44(66-51(80)27-62)23-35-12-16-39(78)17-13-35)60(88)73-50(31-76)59(87)68-45(24-36-14-18-40(79)19-15-36)55(83)70-47(25-37-28-64-42-11-7-6-10-41(37)42)56(84)67-43(20-21-91-2)53(81)71-48(61(89)90)26-38-29-63-32-65-38/h3-19,28-29,32-33,43-50,52,64,75-79H,20-27,30-31,62H2,1-2H3,(H,63,65)(H,66,80)(H,67,84)(H,68,87)(H,69,86)(H,70,83)(H,71,81)(H,72,82)(H,73,88)(H,74,85)(H,89,90)/t33-,43+,44+,45+,46+,47+,48+,49+,50+,52+/m1/s1. The Kier molecular flexibility index (Phi) is 26.8. The molecular weight excluding hydrogens is 1200 g/mol. The van der Waals surface area contributed by atoms with E-state index in [4.69, 9.17) is 5.73 Å². The molecule has 6 rings (SSSR count). The molecule has 0 bridgehead atoms. The minimum absolute atomic E-state index is 0.0267. The van der Waals surface area contributed by atoms with Gasteiger partial charge in [-0.2, -0.15) is 11.8 Å². The fourth-order valence-electron chi connectivity index (χ4n) is 9.46. The summed E-state index contributed by atoms with van der Waals surface area (Å²) >= 11 is 1.35. The number of benzene rings is 4. The van der Waals surface area contributed by atoms with Crippen LogP contribution in [0.2, 0.25) is 0 Å². The van der Waals surface area contributed by atoms with Crippen LogP contribution in [0.1, 0.15) is 41.3 Å². The van der Waals surface area contributed by atoms with Crippen molar-refractivity contribution in [3.05, 3.63) is 150 Å². The third-order valence-electron chi connectivity index (χ3n) is 14.4. The number of imidazole rings is 1. The Morgan fingerprint density at radius 2 is 0.956 bits per heavy atom. The Labute approximate surface area is 525 Å². The maximum absolute atomic E-state index is 14.8. The number of nitrogens with two attached hydrogens (primary N) is 1. The lowest BCUT2D eigenvalue weighted by Crippen LogP contribution is -2.63. The summed E-state index contributed by atoms with van der Waals surface area (Å²) < 4.78 is 0. The van der Waals surface area contributed by atoms with E-state index in [-0.39, 0.29) is 50.0 Å². The second-order valence-corrected chi connectivity index (χ2v) is 22.2. The summed E-state index contributed by atoms with van der Waals surface area (Å²) in [4.78, 5) is 148. The average molecular weight is 1280 g/mol. The molecule has 486 valence electrons. The molecule has 2 aromatic heterocycles. The van der Waals surface area contributed by atoms with Crippen LogP contribution in [0.25, 0.3) is 10.9 Å². The predicted molar refractivity (Wildman–Crippen MR) is 331 cm³/mol. The lowest BCUT2D eigenvalue weighted by molar-refractivity contribution is -0.142. The zero-order valence-corrected chi connectivity index (χ0v) is 50.4. The second-order valence-electron chi connectivity index (χ2n) is 21.2. The minimum Gasteiger partial charge on any atom is -0.508 e. The number of carbonyl (C=O) groups excluding carboxylic acids is 9. The number of thioether (sulfide) groups is 1. The number of aromatic hydroxyl groups is 2. The van der Waals surface area contributed by atoms with Crippen LogP contribution in [0.4, 0.5) is 0 Å². The number of carboxylic acids is 1. The molecule has 9 amide bonds. The number of amides is 9. The third-order valence-corrected chi connectivity index (χ3v) is 15.0. The summed E-state index contributed by atoms with van der Waals surface area (Å²) in [6, 6.07) is 12.1. The number of hydrogen-bond donors (Lipinski definition) is 18. The van der Waals surface area contributed by atoms with Gasteiger partial charge in [0.05, 0.1) is 32.2 Å². The molecule has 0 radical (unpaired) electrons. The van der Waals surface area contributed by atoms with Crippen molar-refractivity contribution in [3.8, 4) is 11.5 Å². The SMILES string of the molecule is CSCC[C@H](NC(=O)[C@H](Cc1c[nH]c2ccccc12)NC(=O)[C@H](Cc1ccc(O)cc1)NC(=O)[C@H](CO)NC(=O)[C@@H](NC(=O)[C@H](Cc1ccccc1)NC(=O)[C@H](CO)NC(=O)[C@H](Cc1ccc(O)cc1)NC(=O)CN)[C@@H](C)O)C(=O)N[C@@H](Cc1cnc[nH]1)C(=O)O. The normalized spacial score (nSPS) is 14.4. The van der Waals surface area contributed by atoms with Crippen LogP contribution >= 0.6 is 11.8 Å². The van der Waals surface area contributed by atoms with Crippen LogP contribution in [-0.4, -0.2) is 197 Å². The molecule has 0 saturated heterocycles. The van der Waals surface area contributed by atoms with Gasteiger partial charge in [0.2, 0.25) is 53.2 Å². The number of nitrogens with one attached hydrogen (secondary N) is 11. The van der Waals surface area contributed by atoms with Gasteiger partial charge in [-0.25, -0.2) is 9.78 Å². The number of phenolic OH excluding ortho intramolecular Hbond substituents is 2. The van der Waals surface area contributed by atoms with Gasteiger partial charge < -0.3 is 94.2 Å². The summed E-state index contributed by atoms with van der Waals surface area (Å²) in [6.45, 7) is -1.53. The molecule has 0 aliphatic carbocycles. The molecule has 30 heteroatoms. The van der Waals surface area contributed by atoms with Gasteiger partial charge >= 0.3 is 5.97 Å². The number of aliphatic hydroxyl groups excluding tert-OH is 3. The number of hydrogen-bond acceptors (Lipinski definition) is 18. The van der Waals surface area contributed by atoms with E-state index < -0.39 is 139 Å². The number of aliphatic carboxylic acids is 1.